The zero-order chi connectivity index (χ0) is 32.2. The fourth-order valence-electron chi connectivity index (χ4n) is 5.37. The van der Waals surface area contributed by atoms with Crippen LogP contribution < -0.4 is 30.2 Å². The van der Waals surface area contributed by atoms with Crippen molar-refractivity contribution < 1.29 is 33.7 Å². The highest BCUT2D eigenvalue weighted by molar-refractivity contribution is 8.01. The first-order valence-corrected chi connectivity index (χ1v) is 15.4. The minimum atomic E-state index is -1.10. The second-order valence-corrected chi connectivity index (χ2v) is 12.0. The molecule has 1 unspecified atom stereocenters. The van der Waals surface area contributed by atoms with Crippen LogP contribution in [0.3, 0.4) is 0 Å². The molecule has 1 aromatic heterocycles. The van der Waals surface area contributed by atoms with Crippen molar-refractivity contribution in [1.29, 1.82) is 5.26 Å². The zero-order valence-corrected chi connectivity index (χ0v) is 26.1. The summed E-state index contributed by atoms with van der Waals surface area (Å²) in [5, 5.41) is 31.1. The van der Waals surface area contributed by atoms with Gasteiger partial charge in [0.25, 0.3) is 0 Å². The van der Waals surface area contributed by atoms with Crippen molar-refractivity contribution in [3.63, 3.8) is 0 Å². The second kappa shape index (κ2) is 13.3. The van der Waals surface area contributed by atoms with Crippen LogP contribution in [0.15, 0.2) is 63.4 Å². The van der Waals surface area contributed by atoms with Gasteiger partial charge in [0.2, 0.25) is 16.8 Å². The van der Waals surface area contributed by atoms with Crippen molar-refractivity contribution in [2.75, 3.05) is 37.3 Å². The lowest BCUT2D eigenvalue weighted by atomic mass is 9.75. The molecule has 0 fully saturated rings. The molecule has 1 amide bonds. The summed E-state index contributed by atoms with van der Waals surface area (Å²) in [5.41, 5.74) is 8.81. The molecule has 15 heteroatoms. The number of rotatable bonds is 10. The molecule has 13 nitrogen and oxygen atoms in total. The number of anilines is 2. The van der Waals surface area contributed by atoms with E-state index in [4.69, 9.17) is 19.9 Å². The van der Waals surface area contributed by atoms with Crippen molar-refractivity contribution in [2.24, 2.45) is 5.73 Å². The van der Waals surface area contributed by atoms with E-state index in [0.29, 0.717) is 68.5 Å². The average molecular weight is 649 g/mol. The quantitative estimate of drug-likeness (QED) is 0.264. The van der Waals surface area contributed by atoms with Crippen molar-refractivity contribution in [1.82, 2.24) is 10.2 Å². The minimum Gasteiger partial charge on any atom is -0.493 e. The number of nitriles is 1. The van der Waals surface area contributed by atoms with Crippen LogP contribution in [0.2, 0.25) is 0 Å². The largest absolute Gasteiger partial charge is 0.493 e. The fraction of sp³-hybridized carbons (Fsp3) is 0.267. The Balaban J connectivity index is 1.46. The number of aromatic carboxylic acids is 1. The van der Waals surface area contributed by atoms with Crippen LogP contribution in [0, 0.1) is 11.3 Å². The molecule has 232 valence electrons. The van der Waals surface area contributed by atoms with Gasteiger partial charge in [0.1, 0.15) is 5.82 Å². The van der Waals surface area contributed by atoms with Crippen molar-refractivity contribution in [3.8, 4) is 23.3 Å². The number of carboxylic acid groups (broad SMARTS) is 1. The summed E-state index contributed by atoms with van der Waals surface area (Å²) in [7, 11) is 4.45. The Morgan fingerprint density at radius 2 is 1.93 bits per heavy atom. The molecule has 0 spiro atoms. The van der Waals surface area contributed by atoms with Gasteiger partial charge in [-0.1, -0.05) is 35.2 Å². The van der Waals surface area contributed by atoms with E-state index in [2.05, 4.69) is 21.6 Å². The Morgan fingerprint density at radius 3 is 2.62 bits per heavy atom. The van der Waals surface area contributed by atoms with Crippen molar-refractivity contribution in [3.05, 3.63) is 70.2 Å². The van der Waals surface area contributed by atoms with Crippen LogP contribution >= 0.6 is 23.1 Å². The van der Waals surface area contributed by atoms with Crippen LogP contribution in [0.4, 0.5) is 10.8 Å². The molecule has 0 bridgehead atoms. The van der Waals surface area contributed by atoms with Gasteiger partial charge in [0.15, 0.2) is 21.6 Å². The number of aromatic nitrogens is 2. The highest BCUT2D eigenvalue weighted by atomic mass is 32.2. The molecule has 2 aliphatic rings. The number of allylic oxidation sites excluding steroid dienone is 3. The van der Waals surface area contributed by atoms with Gasteiger partial charge >= 0.3 is 5.97 Å². The summed E-state index contributed by atoms with van der Waals surface area (Å²) in [4.78, 5) is 39.0. The monoisotopic (exact) mass is 648 g/mol. The number of benzene rings is 2. The predicted octanol–water partition coefficient (Wildman–Crippen LogP) is 4.30. The normalized spacial score (nSPS) is 16.2. The number of thioether (sulfide) groups is 1. The molecule has 4 N–H and O–H groups in total. The van der Waals surface area contributed by atoms with E-state index >= 15 is 0 Å². The Kier molecular flexibility index (Phi) is 9.26. The summed E-state index contributed by atoms with van der Waals surface area (Å²) in [6, 6.07) is 11.6. The maximum absolute atomic E-state index is 13.6. The van der Waals surface area contributed by atoms with Crippen LogP contribution in [-0.4, -0.2) is 60.0 Å². The number of hydrogen-bond acceptors (Lipinski definition) is 13. The number of hydrogen-bond donors (Lipinski definition) is 3. The third-order valence-corrected chi connectivity index (χ3v) is 9.31. The number of nitrogens with zero attached hydrogens (tertiary/aromatic N) is 4. The third-order valence-electron chi connectivity index (χ3n) is 7.27. The first-order chi connectivity index (χ1) is 21.7. The summed E-state index contributed by atoms with van der Waals surface area (Å²) < 4.78 is 17.2. The van der Waals surface area contributed by atoms with Crippen molar-refractivity contribution >= 4 is 51.6 Å². The van der Waals surface area contributed by atoms with Crippen LogP contribution in [-0.2, 0) is 9.59 Å². The molecule has 0 radical (unpaired) electrons. The molecule has 3 aromatic rings. The van der Waals surface area contributed by atoms with E-state index < -0.39 is 11.9 Å². The molecule has 1 atom stereocenters. The van der Waals surface area contributed by atoms with Gasteiger partial charge in [-0.25, -0.2) is 4.79 Å². The van der Waals surface area contributed by atoms with E-state index in [9.17, 15) is 24.8 Å². The Morgan fingerprint density at radius 1 is 1.16 bits per heavy atom. The maximum atomic E-state index is 13.6. The number of methoxy groups -OCH3 is 3. The van der Waals surface area contributed by atoms with E-state index in [0.717, 1.165) is 23.1 Å². The van der Waals surface area contributed by atoms with Gasteiger partial charge < -0.3 is 30.4 Å². The number of amides is 1. The second-order valence-electron chi connectivity index (χ2n) is 9.81. The van der Waals surface area contributed by atoms with Gasteiger partial charge in [-0.05, 0) is 37.1 Å². The molecule has 45 heavy (non-hydrogen) atoms. The lowest BCUT2D eigenvalue weighted by Gasteiger charge is -2.38. The van der Waals surface area contributed by atoms with Crippen LogP contribution in [0.1, 0.15) is 41.1 Å². The molecule has 5 rings (SSSR count). The van der Waals surface area contributed by atoms with Crippen molar-refractivity contribution in [2.45, 2.75) is 29.5 Å². The molecule has 1 aliphatic heterocycles. The lowest BCUT2D eigenvalue weighted by Crippen LogP contribution is -2.38. The average Bonchev–Trinajstić information content (AvgIpc) is 3.51. The van der Waals surface area contributed by atoms with Gasteiger partial charge in [-0.3, -0.25) is 14.5 Å². The molecular weight excluding hydrogens is 620 g/mol. The first kappa shape index (κ1) is 31.4. The number of carboxylic acids is 1. The zero-order valence-electron chi connectivity index (χ0n) is 24.4. The summed E-state index contributed by atoms with van der Waals surface area (Å²) in [6.07, 6.45) is 1.40. The summed E-state index contributed by atoms with van der Waals surface area (Å²) in [5.74, 6) is -1.23. The highest BCUT2D eigenvalue weighted by Gasteiger charge is 2.43. The fourth-order valence-corrected chi connectivity index (χ4v) is 7.05. The Labute approximate surface area is 266 Å². The number of nitrogens with one attached hydrogen (secondary N) is 1. The Hall–Kier alpha value is -5.07. The molecule has 2 heterocycles. The maximum Gasteiger partial charge on any atom is 0.335 e. The standard InChI is InChI=1S/C30H28N6O7S2/c1-41-21-11-10-17(25(42-2)26(21)43-3)23-18(13-31)27(32)36(19-8-5-9-20(37)24(19)23)29-34-35-30(45-29)44-14-22(38)33-16-7-4-6-15(12-16)28(39)40/h4,6-7,10-12,23H,5,8-9,14,32H2,1-3H3,(H,33,38)(H,39,40). The molecular formula is C30H28N6O7S2. The van der Waals surface area contributed by atoms with E-state index in [1.807, 2.05) is 0 Å². The van der Waals surface area contributed by atoms with E-state index in [1.54, 1.807) is 29.2 Å². The Bertz CT molecular complexity index is 1790. The molecule has 2 aromatic carbocycles. The van der Waals surface area contributed by atoms with Gasteiger partial charge in [-0.2, -0.15) is 5.26 Å². The number of carbonyl (C=O) groups excluding carboxylic acids is 2. The van der Waals surface area contributed by atoms with E-state index in [-0.39, 0.29) is 34.4 Å². The molecule has 0 saturated carbocycles. The minimum absolute atomic E-state index is 0.0195. The number of ketones is 1. The smallest absolute Gasteiger partial charge is 0.335 e. The first-order valence-electron chi connectivity index (χ1n) is 13.6. The van der Waals surface area contributed by atoms with Gasteiger partial charge in [0.05, 0.1) is 50.2 Å². The highest BCUT2D eigenvalue weighted by Crippen LogP contribution is 2.52. The number of carbonyl (C=O) groups is 3. The molecule has 1 aliphatic carbocycles. The van der Waals surface area contributed by atoms with Gasteiger partial charge in [0, 0.05) is 28.9 Å². The number of ether oxygens (including phenoxy) is 3. The third kappa shape index (κ3) is 6.02. The van der Waals surface area contributed by atoms with Crippen LogP contribution in [0.5, 0.6) is 17.2 Å². The SMILES string of the molecule is COc1ccc(C2C(C#N)=C(N)N(c3nnc(SCC(=O)Nc4cccc(C(=O)O)c4)s3)C3=C2C(=O)CCC3)c(OC)c1OC. The summed E-state index contributed by atoms with van der Waals surface area (Å²) >= 11 is 2.30. The van der Waals surface area contributed by atoms with Gasteiger partial charge in [-0.15, -0.1) is 10.2 Å². The topological polar surface area (TPSA) is 190 Å². The predicted molar refractivity (Wildman–Crippen MR) is 167 cm³/mol. The summed E-state index contributed by atoms with van der Waals surface area (Å²) in [6.45, 7) is 0. The number of nitrogens with two attached hydrogens (primary N) is 1. The number of Topliss-reactive ketones (excluding diaryl/α,β-unsaturated/α-hetero) is 1. The van der Waals surface area contributed by atoms with E-state index in [1.165, 1.54) is 33.5 Å². The molecule has 0 saturated heterocycles. The van der Waals surface area contributed by atoms with Crippen LogP contribution in [0.25, 0.3) is 0 Å². The lowest BCUT2D eigenvalue weighted by molar-refractivity contribution is -0.116.